The highest BCUT2D eigenvalue weighted by molar-refractivity contribution is 9.10. The molecule has 1 heterocycles. The molecule has 0 spiro atoms. The van der Waals surface area contributed by atoms with Crippen molar-refractivity contribution in [2.45, 2.75) is 20.3 Å². The summed E-state index contributed by atoms with van der Waals surface area (Å²) in [5.41, 5.74) is 1.47. The first-order valence-electron chi connectivity index (χ1n) is 9.14. The van der Waals surface area contributed by atoms with Crippen molar-refractivity contribution in [3.05, 3.63) is 56.4 Å². The lowest BCUT2D eigenvalue weighted by atomic mass is 10.2. The third kappa shape index (κ3) is 5.15. The number of ether oxygens (including phenoxy) is 1. The summed E-state index contributed by atoms with van der Waals surface area (Å²) in [6, 6.07) is 10.4. The molecule has 29 heavy (non-hydrogen) atoms. The van der Waals surface area contributed by atoms with Gasteiger partial charge in [-0.2, -0.15) is 0 Å². The second-order valence-corrected chi connectivity index (χ2v) is 8.51. The largest absolute Gasteiger partial charge is 0.504 e. The zero-order chi connectivity index (χ0) is 21.0. The summed E-state index contributed by atoms with van der Waals surface area (Å²) < 4.78 is 6.13. The van der Waals surface area contributed by atoms with Crippen molar-refractivity contribution in [2.75, 3.05) is 13.2 Å². The van der Waals surface area contributed by atoms with Gasteiger partial charge in [0.2, 0.25) is 0 Å². The lowest BCUT2D eigenvalue weighted by Gasteiger charge is -2.14. The predicted molar refractivity (Wildman–Crippen MR) is 123 cm³/mol. The highest BCUT2D eigenvalue weighted by Gasteiger charge is 2.33. The predicted octanol–water partition coefficient (Wildman–Crippen LogP) is 6.22. The number of hydrogen-bond donors (Lipinski definition) is 1. The van der Waals surface area contributed by atoms with E-state index in [4.69, 9.17) is 16.3 Å². The van der Waals surface area contributed by atoms with Crippen LogP contribution in [0.4, 0.5) is 5.69 Å². The molecule has 2 aromatic rings. The minimum atomic E-state index is -0.0949. The number of halogens is 2. The van der Waals surface area contributed by atoms with Crippen LogP contribution in [0.1, 0.15) is 25.8 Å². The summed E-state index contributed by atoms with van der Waals surface area (Å²) in [4.78, 5) is 19.9. The topological polar surface area (TPSA) is 62.1 Å². The van der Waals surface area contributed by atoms with Gasteiger partial charge in [0.25, 0.3) is 5.91 Å². The number of thioether (sulfide) groups is 1. The quantitative estimate of drug-likeness (QED) is 0.483. The van der Waals surface area contributed by atoms with Crippen molar-refractivity contribution in [3.63, 3.8) is 0 Å². The molecule has 1 fully saturated rings. The Labute approximate surface area is 187 Å². The molecule has 1 aliphatic rings. The molecule has 5 nitrogen and oxygen atoms in total. The van der Waals surface area contributed by atoms with Crippen molar-refractivity contribution < 1.29 is 14.6 Å². The van der Waals surface area contributed by atoms with Crippen LogP contribution in [0.2, 0.25) is 5.02 Å². The highest BCUT2D eigenvalue weighted by atomic mass is 79.9. The zero-order valence-electron chi connectivity index (χ0n) is 16.0. The van der Waals surface area contributed by atoms with E-state index < -0.39 is 0 Å². The summed E-state index contributed by atoms with van der Waals surface area (Å²) in [6.07, 6.45) is 2.60. The number of phenolic OH excluding ortho intramolecular Hbond substituents is 1. The van der Waals surface area contributed by atoms with Crippen molar-refractivity contribution in [1.82, 2.24) is 4.90 Å². The van der Waals surface area contributed by atoms with Crippen LogP contribution in [0.25, 0.3) is 6.08 Å². The average molecular weight is 496 g/mol. The second-order valence-electron chi connectivity index (χ2n) is 6.21. The highest BCUT2D eigenvalue weighted by Crippen LogP contribution is 2.38. The Morgan fingerprint density at radius 1 is 1.28 bits per heavy atom. The van der Waals surface area contributed by atoms with Gasteiger partial charge in [0.05, 0.1) is 17.2 Å². The van der Waals surface area contributed by atoms with Gasteiger partial charge in [0, 0.05) is 16.0 Å². The maximum atomic E-state index is 13.0. The molecular weight excluding hydrogens is 476 g/mol. The number of rotatable bonds is 6. The number of benzene rings is 2. The molecule has 3 rings (SSSR count). The number of carbonyl (C=O) groups excluding carboxylic acids is 1. The molecule has 2 aromatic carbocycles. The van der Waals surface area contributed by atoms with Gasteiger partial charge in [-0.05, 0) is 73.1 Å². The maximum absolute atomic E-state index is 13.0. The van der Waals surface area contributed by atoms with E-state index in [0.717, 1.165) is 17.7 Å². The van der Waals surface area contributed by atoms with Gasteiger partial charge >= 0.3 is 0 Å². The molecule has 8 heteroatoms. The molecule has 1 N–H and O–H groups in total. The number of aromatic hydroxyl groups is 1. The van der Waals surface area contributed by atoms with E-state index in [1.54, 1.807) is 35.2 Å². The number of aliphatic imine (C=N–C) groups is 1. The summed E-state index contributed by atoms with van der Waals surface area (Å²) in [5.74, 6) is 0.324. The third-order valence-electron chi connectivity index (χ3n) is 4.05. The van der Waals surface area contributed by atoms with Crippen LogP contribution >= 0.6 is 39.3 Å². The molecule has 0 bridgehead atoms. The molecule has 0 aliphatic carbocycles. The van der Waals surface area contributed by atoms with Crippen molar-refractivity contribution >= 4 is 62.1 Å². The Balaban J connectivity index is 1.97. The van der Waals surface area contributed by atoms with E-state index in [9.17, 15) is 9.90 Å². The first-order chi connectivity index (χ1) is 13.9. The van der Waals surface area contributed by atoms with E-state index in [2.05, 4.69) is 20.9 Å². The molecule has 1 saturated heterocycles. The van der Waals surface area contributed by atoms with Crippen LogP contribution in [0.3, 0.4) is 0 Å². The first kappa shape index (κ1) is 21.7. The van der Waals surface area contributed by atoms with E-state index in [0.29, 0.717) is 38.5 Å². The number of carbonyl (C=O) groups is 1. The Hall–Kier alpha value is -1.96. The van der Waals surface area contributed by atoms with E-state index in [1.807, 2.05) is 26.0 Å². The second kappa shape index (κ2) is 9.69. The molecule has 0 unspecified atom stereocenters. The van der Waals surface area contributed by atoms with Crippen molar-refractivity contribution in [3.8, 4) is 11.5 Å². The summed E-state index contributed by atoms with van der Waals surface area (Å²) in [5, 5.41) is 11.3. The number of amidine groups is 1. The number of phenols is 1. The lowest BCUT2D eigenvalue weighted by molar-refractivity contribution is -0.122. The number of nitrogens with zero attached hydrogens (tertiary/aromatic N) is 2. The minimum Gasteiger partial charge on any atom is -0.504 e. The van der Waals surface area contributed by atoms with Gasteiger partial charge in [0.15, 0.2) is 16.7 Å². The van der Waals surface area contributed by atoms with Crippen LogP contribution in [-0.4, -0.2) is 34.2 Å². The van der Waals surface area contributed by atoms with Crippen LogP contribution in [-0.2, 0) is 4.79 Å². The molecule has 0 radical (unpaired) electrons. The van der Waals surface area contributed by atoms with E-state index >= 15 is 0 Å². The third-order valence-corrected chi connectivity index (χ3v) is 6.00. The Morgan fingerprint density at radius 3 is 2.66 bits per heavy atom. The minimum absolute atomic E-state index is 0.0453. The van der Waals surface area contributed by atoms with E-state index in [-0.39, 0.29) is 11.7 Å². The smallest absolute Gasteiger partial charge is 0.266 e. The van der Waals surface area contributed by atoms with Gasteiger partial charge in [0.1, 0.15) is 0 Å². The van der Waals surface area contributed by atoms with Gasteiger partial charge < -0.3 is 9.84 Å². The Kier molecular flexibility index (Phi) is 7.27. The van der Waals surface area contributed by atoms with Gasteiger partial charge in [-0.1, -0.05) is 34.5 Å². The summed E-state index contributed by atoms with van der Waals surface area (Å²) >= 11 is 10.7. The monoisotopic (exact) mass is 494 g/mol. The van der Waals surface area contributed by atoms with Gasteiger partial charge in [-0.3, -0.25) is 9.69 Å². The maximum Gasteiger partial charge on any atom is 0.266 e. The fourth-order valence-corrected chi connectivity index (χ4v) is 4.31. The van der Waals surface area contributed by atoms with Crippen LogP contribution in [0.15, 0.2) is 50.8 Å². The van der Waals surface area contributed by atoms with E-state index in [1.165, 1.54) is 11.8 Å². The Bertz CT molecular complexity index is 977. The molecule has 1 amide bonds. The Morgan fingerprint density at radius 2 is 2.00 bits per heavy atom. The molecule has 0 atom stereocenters. The SMILES string of the molecule is CCCN1C(=O)/C(=C/c2cc(OCC)c(O)cc2Br)SC1=Nc1ccc(Cl)cc1. The first-order valence-corrected chi connectivity index (χ1v) is 11.1. The van der Waals surface area contributed by atoms with Gasteiger partial charge in [-0.15, -0.1) is 0 Å². The normalized spacial score (nSPS) is 16.8. The molecule has 0 saturated carbocycles. The standard InChI is InChI=1S/C21H20BrClN2O3S/c1-3-9-25-20(27)19(29-21(25)24-15-7-5-14(23)6-8-15)11-13-10-18(28-4-2)17(26)12-16(13)22/h5-8,10-12,26H,3-4,9H2,1-2H3/b19-11-,24-21?. The van der Waals surface area contributed by atoms with Gasteiger partial charge in [-0.25, -0.2) is 4.99 Å². The van der Waals surface area contributed by atoms with Crippen molar-refractivity contribution in [1.29, 1.82) is 0 Å². The number of amides is 1. The zero-order valence-corrected chi connectivity index (χ0v) is 19.1. The van der Waals surface area contributed by atoms with Crippen LogP contribution < -0.4 is 4.74 Å². The lowest BCUT2D eigenvalue weighted by Crippen LogP contribution is -2.29. The molecule has 0 aromatic heterocycles. The van der Waals surface area contributed by atoms with Crippen molar-refractivity contribution in [2.24, 2.45) is 4.99 Å². The molecule has 1 aliphatic heterocycles. The fraction of sp³-hybridized carbons (Fsp3) is 0.238. The summed E-state index contributed by atoms with van der Waals surface area (Å²) in [6.45, 7) is 4.88. The molecular formula is C21H20BrClN2O3S. The average Bonchev–Trinajstić information content (AvgIpc) is 2.97. The number of hydrogen-bond acceptors (Lipinski definition) is 5. The molecule has 152 valence electrons. The van der Waals surface area contributed by atoms with Crippen LogP contribution in [0, 0.1) is 0 Å². The fourth-order valence-electron chi connectivity index (χ4n) is 2.72. The summed E-state index contributed by atoms with van der Waals surface area (Å²) in [7, 11) is 0. The van der Waals surface area contributed by atoms with Crippen LogP contribution in [0.5, 0.6) is 11.5 Å².